The third-order valence-electron chi connectivity index (χ3n) is 4.10. The fourth-order valence-corrected chi connectivity index (χ4v) is 2.97. The molecule has 0 heterocycles. The largest absolute Gasteiger partial charge is 0.323 e. The Morgan fingerprint density at radius 1 is 1.26 bits per heavy atom. The van der Waals surface area contributed by atoms with Gasteiger partial charge in [-0.3, -0.25) is 14.9 Å². The Hall–Kier alpha value is -2.76. The summed E-state index contributed by atoms with van der Waals surface area (Å²) in [6.07, 6.45) is 2.48. The predicted molar refractivity (Wildman–Crippen MR) is 83.8 cm³/mol. The van der Waals surface area contributed by atoms with E-state index in [2.05, 4.69) is 5.32 Å². The van der Waals surface area contributed by atoms with E-state index in [0.29, 0.717) is 6.42 Å². The fourth-order valence-electron chi connectivity index (χ4n) is 2.97. The van der Waals surface area contributed by atoms with Crippen LogP contribution < -0.4 is 5.32 Å². The molecule has 0 aromatic heterocycles. The van der Waals surface area contributed by atoms with E-state index in [-0.39, 0.29) is 23.2 Å². The van der Waals surface area contributed by atoms with E-state index in [0.717, 1.165) is 42.2 Å². The maximum atomic E-state index is 13.8. The highest BCUT2D eigenvalue weighted by Crippen LogP contribution is 2.33. The standard InChI is InChI=1S/C17H15FN2O3/c18-15-9-8-12(20(22)23)10-16(15)19-17(21)14-7-3-5-11-4-1-2-6-13(11)14/h1-2,4,6,8-10,14H,3,5,7H2,(H,19,21). The topological polar surface area (TPSA) is 72.2 Å². The lowest BCUT2D eigenvalue weighted by atomic mass is 9.82. The van der Waals surface area contributed by atoms with Crippen molar-refractivity contribution in [3.05, 3.63) is 69.5 Å². The summed E-state index contributed by atoms with van der Waals surface area (Å²) in [6, 6.07) is 10.8. The number of carbonyl (C=O) groups is 1. The highest BCUT2D eigenvalue weighted by Gasteiger charge is 2.27. The number of hydrogen-bond acceptors (Lipinski definition) is 3. The number of nitro groups is 1. The summed E-state index contributed by atoms with van der Waals surface area (Å²) in [7, 11) is 0. The molecular formula is C17H15FN2O3. The van der Waals surface area contributed by atoms with Crippen LogP contribution >= 0.6 is 0 Å². The van der Waals surface area contributed by atoms with Crippen molar-refractivity contribution in [2.45, 2.75) is 25.2 Å². The first-order valence-electron chi connectivity index (χ1n) is 7.39. The van der Waals surface area contributed by atoms with Gasteiger partial charge in [-0.05, 0) is 36.5 Å². The molecule has 1 atom stereocenters. The van der Waals surface area contributed by atoms with Gasteiger partial charge in [0, 0.05) is 12.1 Å². The third-order valence-corrected chi connectivity index (χ3v) is 4.10. The summed E-state index contributed by atoms with van der Waals surface area (Å²) in [6.45, 7) is 0. The molecule has 0 spiro atoms. The second kappa shape index (κ2) is 6.16. The molecule has 1 unspecified atom stereocenters. The first-order valence-corrected chi connectivity index (χ1v) is 7.39. The molecule has 0 radical (unpaired) electrons. The number of fused-ring (bicyclic) bond motifs is 1. The molecule has 3 rings (SSSR count). The molecular weight excluding hydrogens is 299 g/mol. The molecule has 0 saturated heterocycles. The number of rotatable bonds is 3. The van der Waals surface area contributed by atoms with Gasteiger partial charge in [-0.2, -0.15) is 0 Å². The minimum absolute atomic E-state index is 0.160. The molecule has 1 aliphatic rings. The number of nitrogens with one attached hydrogen (secondary N) is 1. The normalized spacial score (nSPS) is 16.5. The quantitative estimate of drug-likeness (QED) is 0.692. The molecule has 6 heteroatoms. The first kappa shape index (κ1) is 15.1. The zero-order valence-electron chi connectivity index (χ0n) is 12.3. The van der Waals surface area contributed by atoms with Gasteiger partial charge in [-0.25, -0.2) is 4.39 Å². The van der Waals surface area contributed by atoms with E-state index in [1.54, 1.807) is 0 Å². The number of non-ortho nitro benzene ring substituents is 1. The van der Waals surface area contributed by atoms with Gasteiger partial charge < -0.3 is 5.32 Å². The van der Waals surface area contributed by atoms with Gasteiger partial charge in [0.05, 0.1) is 16.5 Å². The summed E-state index contributed by atoms with van der Waals surface area (Å²) in [5, 5.41) is 13.3. The Labute approximate surface area is 132 Å². The molecule has 0 aliphatic heterocycles. The van der Waals surface area contributed by atoms with Gasteiger partial charge in [0.2, 0.25) is 5.91 Å². The number of benzene rings is 2. The van der Waals surface area contributed by atoms with Gasteiger partial charge >= 0.3 is 0 Å². The van der Waals surface area contributed by atoms with E-state index in [4.69, 9.17) is 0 Å². The molecule has 0 bridgehead atoms. The number of nitrogens with zero attached hydrogens (tertiary/aromatic N) is 1. The molecule has 2 aromatic carbocycles. The maximum absolute atomic E-state index is 13.8. The Balaban J connectivity index is 1.86. The van der Waals surface area contributed by atoms with Crippen LogP contribution in [0.5, 0.6) is 0 Å². The molecule has 1 N–H and O–H groups in total. The maximum Gasteiger partial charge on any atom is 0.271 e. The minimum atomic E-state index is -0.687. The molecule has 0 saturated carbocycles. The Kier molecular flexibility index (Phi) is 4.06. The van der Waals surface area contributed by atoms with Crippen LogP contribution in [0.3, 0.4) is 0 Å². The van der Waals surface area contributed by atoms with Crippen molar-refractivity contribution in [3.8, 4) is 0 Å². The number of aryl methyl sites for hydroxylation is 1. The smallest absolute Gasteiger partial charge is 0.271 e. The average Bonchev–Trinajstić information content (AvgIpc) is 2.56. The fraction of sp³-hybridized carbons (Fsp3) is 0.235. The zero-order valence-corrected chi connectivity index (χ0v) is 12.3. The summed E-state index contributed by atoms with van der Waals surface area (Å²) in [5.41, 5.74) is 1.65. The molecule has 118 valence electrons. The van der Waals surface area contributed by atoms with Crippen molar-refractivity contribution in [3.63, 3.8) is 0 Å². The van der Waals surface area contributed by atoms with E-state index >= 15 is 0 Å². The zero-order chi connectivity index (χ0) is 16.4. The summed E-state index contributed by atoms with van der Waals surface area (Å²) >= 11 is 0. The predicted octanol–water partition coefficient (Wildman–Crippen LogP) is 3.79. The third kappa shape index (κ3) is 3.06. The van der Waals surface area contributed by atoms with Crippen LogP contribution in [0.1, 0.15) is 29.9 Å². The van der Waals surface area contributed by atoms with Crippen molar-refractivity contribution < 1.29 is 14.1 Å². The van der Waals surface area contributed by atoms with E-state index in [9.17, 15) is 19.3 Å². The van der Waals surface area contributed by atoms with E-state index in [1.165, 1.54) is 0 Å². The lowest BCUT2D eigenvalue weighted by molar-refractivity contribution is -0.384. The molecule has 1 amide bonds. The van der Waals surface area contributed by atoms with Crippen molar-refractivity contribution >= 4 is 17.3 Å². The number of carbonyl (C=O) groups excluding carboxylic acids is 1. The second-order valence-corrected chi connectivity index (χ2v) is 5.55. The van der Waals surface area contributed by atoms with Crippen LogP contribution in [0.2, 0.25) is 0 Å². The number of nitro benzene ring substituents is 1. The van der Waals surface area contributed by atoms with Crippen LogP contribution in [0.4, 0.5) is 15.8 Å². The molecule has 23 heavy (non-hydrogen) atoms. The second-order valence-electron chi connectivity index (χ2n) is 5.55. The van der Waals surface area contributed by atoms with Gasteiger partial charge in [0.1, 0.15) is 5.82 Å². The number of amides is 1. The van der Waals surface area contributed by atoms with Gasteiger partial charge in [0.25, 0.3) is 5.69 Å². The highest BCUT2D eigenvalue weighted by atomic mass is 19.1. The Morgan fingerprint density at radius 3 is 2.83 bits per heavy atom. The molecule has 5 nitrogen and oxygen atoms in total. The van der Waals surface area contributed by atoms with Crippen molar-refractivity contribution in [1.29, 1.82) is 0 Å². The summed E-state index contributed by atoms with van der Waals surface area (Å²) in [5.74, 6) is -1.39. The lowest BCUT2D eigenvalue weighted by Crippen LogP contribution is -2.25. The highest BCUT2D eigenvalue weighted by molar-refractivity contribution is 5.96. The van der Waals surface area contributed by atoms with Crippen molar-refractivity contribution in [1.82, 2.24) is 0 Å². The summed E-state index contributed by atoms with van der Waals surface area (Å²) < 4.78 is 13.8. The van der Waals surface area contributed by atoms with Crippen LogP contribution in [0.15, 0.2) is 42.5 Å². The van der Waals surface area contributed by atoms with Crippen LogP contribution in [0.25, 0.3) is 0 Å². The van der Waals surface area contributed by atoms with Crippen LogP contribution in [0, 0.1) is 15.9 Å². The van der Waals surface area contributed by atoms with Crippen molar-refractivity contribution in [2.75, 3.05) is 5.32 Å². The summed E-state index contributed by atoms with van der Waals surface area (Å²) in [4.78, 5) is 22.7. The lowest BCUT2D eigenvalue weighted by Gasteiger charge is -2.24. The van der Waals surface area contributed by atoms with Crippen molar-refractivity contribution in [2.24, 2.45) is 0 Å². The SMILES string of the molecule is O=C(Nc1cc([N+](=O)[O-])ccc1F)C1CCCc2ccccc21. The molecule has 0 fully saturated rings. The van der Waals surface area contributed by atoms with E-state index in [1.807, 2.05) is 24.3 Å². The number of hydrogen-bond donors (Lipinski definition) is 1. The van der Waals surface area contributed by atoms with Gasteiger partial charge in [-0.1, -0.05) is 24.3 Å². The van der Waals surface area contributed by atoms with Gasteiger partial charge in [0.15, 0.2) is 0 Å². The van der Waals surface area contributed by atoms with Crippen LogP contribution in [-0.4, -0.2) is 10.8 Å². The minimum Gasteiger partial charge on any atom is -0.323 e. The van der Waals surface area contributed by atoms with Crippen LogP contribution in [-0.2, 0) is 11.2 Å². The average molecular weight is 314 g/mol. The molecule has 2 aromatic rings. The monoisotopic (exact) mass is 314 g/mol. The Morgan fingerprint density at radius 2 is 2.04 bits per heavy atom. The first-order chi connectivity index (χ1) is 11.1. The number of halogens is 1. The van der Waals surface area contributed by atoms with Gasteiger partial charge in [-0.15, -0.1) is 0 Å². The number of anilines is 1. The molecule has 1 aliphatic carbocycles. The Bertz CT molecular complexity index is 776. The van der Waals surface area contributed by atoms with E-state index < -0.39 is 10.7 Å².